The van der Waals surface area contributed by atoms with E-state index < -0.39 is 11.6 Å². The van der Waals surface area contributed by atoms with E-state index in [1.807, 2.05) is 25.1 Å². The van der Waals surface area contributed by atoms with Crippen molar-refractivity contribution >= 4 is 11.9 Å². The summed E-state index contributed by atoms with van der Waals surface area (Å²) in [5, 5.41) is 2.58. The van der Waals surface area contributed by atoms with Crippen molar-refractivity contribution in [1.82, 2.24) is 5.32 Å². The average molecular weight is 325 g/mol. The third-order valence-electron chi connectivity index (χ3n) is 4.48. The number of hydrogen-bond acceptors (Lipinski definition) is 4. The normalized spacial score (nSPS) is 25.0. The van der Waals surface area contributed by atoms with E-state index in [4.69, 9.17) is 10.5 Å². The highest BCUT2D eigenvalue weighted by atomic mass is 19.1. The van der Waals surface area contributed by atoms with E-state index in [1.54, 1.807) is 12.1 Å². The molecule has 0 saturated heterocycles. The molecule has 0 fully saturated rings. The molecule has 122 valence electrons. The number of fused-ring (bicyclic) bond motifs is 2. The van der Waals surface area contributed by atoms with Crippen molar-refractivity contribution < 1.29 is 13.9 Å². The van der Waals surface area contributed by atoms with Gasteiger partial charge in [0.15, 0.2) is 11.5 Å². The lowest BCUT2D eigenvalue weighted by Crippen LogP contribution is -2.42. The molecule has 1 spiro atoms. The zero-order valence-electron chi connectivity index (χ0n) is 13.0. The number of nitrogens with one attached hydrogen (secondary N) is 1. The number of guanidine groups is 1. The molecule has 0 radical (unpaired) electrons. The molecule has 2 atom stereocenters. The summed E-state index contributed by atoms with van der Waals surface area (Å²) >= 11 is 0. The lowest BCUT2D eigenvalue weighted by Gasteiger charge is -2.36. The van der Waals surface area contributed by atoms with Crippen molar-refractivity contribution in [3.8, 4) is 5.75 Å². The van der Waals surface area contributed by atoms with E-state index in [9.17, 15) is 9.18 Å². The lowest BCUT2D eigenvalue weighted by molar-refractivity contribution is -0.125. The minimum Gasteiger partial charge on any atom is -0.485 e. The van der Waals surface area contributed by atoms with Crippen LogP contribution in [0, 0.1) is 12.7 Å². The zero-order chi connectivity index (χ0) is 16.9. The van der Waals surface area contributed by atoms with Crippen LogP contribution in [0.25, 0.3) is 0 Å². The van der Waals surface area contributed by atoms with Gasteiger partial charge in [-0.15, -0.1) is 0 Å². The molecule has 0 aliphatic carbocycles. The smallest absolute Gasteiger partial charge is 0.259 e. The molecule has 2 aliphatic heterocycles. The van der Waals surface area contributed by atoms with Gasteiger partial charge < -0.3 is 10.5 Å². The van der Waals surface area contributed by atoms with Gasteiger partial charge >= 0.3 is 0 Å². The number of hydrogen-bond donors (Lipinski definition) is 2. The molecule has 2 heterocycles. The Kier molecular flexibility index (Phi) is 3.09. The fourth-order valence-electron chi connectivity index (χ4n) is 3.36. The van der Waals surface area contributed by atoms with Gasteiger partial charge in [0.2, 0.25) is 0 Å². The quantitative estimate of drug-likeness (QED) is 0.844. The molecule has 6 heteroatoms. The van der Waals surface area contributed by atoms with Crippen molar-refractivity contribution in [2.75, 3.05) is 0 Å². The van der Waals surface area contributed by atoms with Gasteiger partial charge in [-0.1, -0.05) is 23.8 Å². The van der Waals surface area contributed by atoms with Gasteiger partial charge in [0.25, 0.3) is 5.91 Å². The summed E-state index contributed by atoms with van der Waals surface area (Å²) in [5.74, 6) is 0.0253. The summed E-state index contributed by atoms with van der Waals surface area (Å²) in [5.41, 5.74) is 6.96. The minimum absolute atomic E-state index is 0.0901. The number of aliphatic imine (C=N–C) groups is 1. The first-order valence-electron chi connectivity index (χ1n) is 7.68. The molecular weight excluding hydrogens is 309 g/mol. The fraction of sp³-hybridized carbons (Fsp3) is 0.222. The van der Waals surface area contributed by atoms with Crippen LogP contribution < -0.4 is 15.8 Å². The molecule has 0 saturated carbocycles. The average Bonchev–Trinajstić information content (AvgIpc) is 2.82. The van der Waals surface area contributed by atoms with Crippen molar-refractivity contribution in [1.29, 1.82) is 0 Å². The highest BCUT2D eigenvalue weighted by Crippen LogP contribution is 2.48. The molecule has 2 unspecified atom stereocenters. The van der Waals surface area contributed by atoms with Crippen LogP contribution in [0.2, 0.25) is 0 Å². The van der Waals surface area contributed by atoms with Gasteiger partial charge in [0.05, 0.1) is 0 Å². The van der Waals surface area contributed by atoms with Gasteiger partial charge in [-0.05, 0) is 36.8 Å². The molecule has 2 aromatic rings. The Labute approximate surface area is 138 Å². The van der Waals surface area contributed by atoms with Crippen LogP contribution >= 0.6 is 0 Å². The Morgan fingerprint density at radius 2 is 2.17 bits per heavy atom. The third-order valence-corrected chi connectivity index (χ3v) is 4.48. The topological polar surface area (TPSA) is 76.7 Å². The molecule has 0 aromatic heterocycles. The van der Waals surface area contributed by atoms with E-state index in [2.05, 4.69) is 10.3 Å². The molecule has 2 aliphatic rings. The second kappa shape index (κ2) is 5.06. The van der Waals surface area contributed by atoms with Crippen LogP contribution in [0.3, 0.4) is 0 Å². The molecule has 5 nitrogen and oxygen atoms in total. The molecule has 1 amide bonds. The van der Waals surface area contributed by atoms with E-state index >= 15 is 0 Å². The second-order valence-electron chi connectivity index (χ2n) is 6.18. The molecule has 0 bridgehead atoms. The van der Waals surface area contributed by atoms with Crippen LogP contribution in [0.1, 0.15) is 29.2 Å². The first kappa shape index (κ1) is 14.7. The SMILES string of the molecule is Cc1ccc2c(c1)C1(CC(c3cccc(F)c3)O2)N=C(N)NC1=O. The Hall–Kier alpha value is -2.89. The van der Waals surface area contributed by atoms with Gasteiger partial charge in [-0.3, -0.25) is 10.1 Å². The van der Waals surface area contributed by atoms with Crippen LogP contribution in [-0.2, 0) is 10.3 Å². The molecule has 2 aromatic carbocycles. The molecular formula is C18H16FN3O2. The summed E-state index contributed by atoms with van der Waals surface area (Å²) in [6.45, 7) is 1.94. The van der Waals surface area contributed by atoms with Crippen LogP contribution in [0.15, 0.2) is 47.5 Å². The van der Waals surface area contributed by atoms with Gasteiger partial charge in [0, 0.05) is 12.0 Å². The van der Waals surface area contributed by atoms with E-state index in [0.29, 0.717) is 16.9 Å². The number of nitrogens with zero attached hydrogens (tertiary/aromatic N) is 1. The number of rotatable bonds is 1. The first-order valence-corrected chi connectivity index (χ1v) is 7.68. The summed E-state index contributed by atoms with van der Waals surface area (Å²) in [7, 11) is 0. The number of aryl methyl sites for hydroxylation is 1. The largest absolute Gasteiger partial charge is 0.485 e. The first-order chi connectivity index (χ1) is 11.5. The lowest BCUT2D eigenvalue weighted by atomic mass is 9.80. The second-order valence-corrected chi connectivity index (χ2v) is 6.18. The predicted molar refractivity (Wildman–Crippen MR) is 87.0 cm³/mol. The predicted octanol–water partition coefficient (Wildman–Crippen LogP) is 2.30. The van der Waals surface area contributed by atoms with Crippen molar-refractivity contribution in [3.05, 3.63) is 65.0 Å². The third kappa shape index (κ3) is 2.14. The number of amides is 1. The Morgan fingerprint density at radius 3 is 2.88 bits per heavy atom. The number of halogens is 1. The Morgan fingerprint density at radius 1 is 1.33 bits per heavy atom. The number of benzene rings is 2. The number of nitrogens with two attached hydrogens (primary N) is 1. The molecule has 24 heavy (non-hydrogen) atoms. The Balaban J connectivity index is 1.87. The Bertz CT molecular complexity index is 880. The maximum Gasteiger partial charge on any atom is 0.259 e. The maximum absolute atomic E-state index is 13.6. The van der Waals surface area contributed by atoms with Crippen LogP contribution in [-0.4, -0.2) is 11.9 Å². The van der Waals surface area contributed by atoms with Crippen LogP contribution in [0.4, 0.5) is 4.39 Å². The van der Waals surface area contributed by atoms with Crippen molar-refractivity contribution in [2.45, 2.75) is 25.0 Å². The monoisotopic (exact) mass is 325 g/mol. The zero-order valence-corrected chi connectivity index (χ0v) is 13.0. The van der Waals surface area contributed by atoms with Gasteiger partial charge in [0.1, 0.15) is 17.7 Å². The van der Waals surface area contributed by atoms with E-state index in [0.717, 1.165) is 5.56 Å². The van der Waals surface area contributed by atoms with Gasteiger partial charge in [-0.25, -0.2) is 9.38 Å². The van der Waals surface area contributed by atoms with Gasteiger partial charge in [-0.2, -0.15) is 0 Å². The van der Waals surface area contributed by atoms with Crippen molar-refractivity contribution in [3.63, 3.8) is 0 Å². The molecule has 4 rings (SSSR count). The number of ether oxygens (including phenoxy) is 1. The maximum atomic E-state index is 13.6. The summed E-state index contributed by atoms with van der Waals surface area (Å²) in [6.07, 6.45) is -0.226. The summed E-state index contributed by atoms with van der Waals surface area (Å²) in [6, 6.07) is 11.8. The number of carbonyl (C=O) groups excluding carboxylic acids is 1. The summed E-state index contributed by atoms with van der Waals surface area (Å²) in [4.78, 5) is 17.0. The fourth-order valence-corrected chi connectivity index (χ4v) is 3.36. The van der Waals surface area contributed by atoms with Crippen molar-refractivity contribution in [2.24, 2.45) is 10.7 Å². The van der Waals surface area contributed by atoms with Crippen LogP contribution in [0.5, 0.6) is 5.75 Å². The molecule has 3 N–H and O–H groups in total. The standard InChI is InChI=1S/C18H16FN3O2/c1-10-5-6-14-13(7-10)18(16(23)21-17(20)22-18)9-15(24-14)11-3-2-4-12(19)8-11/h2-8,15H,9H2,1H3,(H3,20,21,22,23). The van der Waals surface area contributed by atoms with E-state index in [1.165, 1.54) is 12.1 Å². The highest BCUT2D eigenvalue weighted by Gasteiger charge is 2.51. The minimum atomic E-state index is -1.14. The number of carbonyl (C=O) groups is 1. The van der Waals surface area contributed by atoms with E-state index in [-0.39, 0.29) is 24.1 Å². The summed E-state index contributed by atoms with van der Waals surface area (Å²) < 4.78 is 19.6. The highest BCUT2D eigenvalue weighted by molar-refractivity contribution is 6.07.